The molecule has 0 aromatic carbocycles. The van der Waals surface area contributed by atoms with Crippen LogP contribution in [0, 0.1) is 11.8 Å². The molecular weight excluding hydrogens is 296 g/mol. The molecule has 3 unspecified atom stereocenters. The molecule has 132 valence electrons. The van der Waals surface area contributed by atoms with Crippen LogP contribution in [0.3, 0.4) is 0 Å². The summed E-state index contributed by atoms with van der Waals surface area (Å²) < 4.78 is 10.0. The monoisotopic (exact) mass is 326 g/mol. The zero-order chi connectivity index (χ0) is 17.1. The van der Waals surface area contributed by atoms with Gasteiger partial charge in [-0.3, -0.25) is 4.79 Å². The second-order valence-electron chi connectivity index (χ2n) is 7.11. The van der Waals surface area contributed by atoms with Gasteiger partial charge in [0.05, 0.1) is 13.2 Å². The lowest BCUT2D eigenvalue weighted by molar-refractivity contribution is -0.140. The zero-order valence-electron chi connectivity index (χ0n) is 14.9. The van der Waals surface area contributed by atoms with E-state index in [1.807, 2.05) is 4.90 Å². The van der Waals surface area contributed by atoms with Crippen molar-refractivity contribution in [3.8, 4) is 0 Å². The van der Waals surface area contributed by atoms with Crippen molar-refractivity contribution in [1.82, 2.24) is 10.2 Å². The molecule has 1 N–H and O–H groups in total. The van der Waals surface area contributed by atoms with Crippen LogP contribution in [0.5, 0.6) is 0 Å². The molecule has 0 bridgehead atoms. The van der Waals surface area contributed by atoms with Crippen LogP contribution < -0.4 is 5.32 Å². The highest BCUT2D eigenvalue weighted by Gasteiger charge is 2.48. The summed E-state index contributed by atoms with van der Waals surface area (Å²) in [6.07, 6.45) is 3.50. The summed E-state index contributed by atoms with van der Waals surface area (Å²) in [6, 6.07) is -0.169. The number of methoxy groups -OCH3 is 2. The van der Waals surface area contributed by atoms with Crippen molar-refractivity contribution >= 4 is 12.0 Å². The number of hydrogen-bond donors (Lipinski definition) is 1. The van der Waals surface area contributed by atoms with E-state index in [2.05, 4.69) is 23.9 Å². The van der Waals surface area contributed by atoms with Gasteiger partial charge in [-0.2, -0.15) is 0 Å². The maximum atomic E-state index is 13.2. The number of rotatable bonds is 5. The number of hydrogen-bond acceptors (Lipinski definition) is 4. The van der Waals surface area contributed by atoms with Gasteiger partial charge >= 0.3 is 6.09 Å². The summed E-state index contributed by atoms with van der Waals surface area (Å²) >= 11 is 0. The average Bonchev–Trinajstić information content (AvgIpc) is 3.11. The maximum Gasteiger partial charge on any atom is 0.407 e. The molecule has 2 fully saturated rings. The van der Waals surface area contributed by atoms with E-state index < -0.39 is 18.2 Å². The lowest BCUT2D eigenvalue weighted by atomic mass is 9.96. The van der Waals surface area contributed by atoms with Crippen LogP contribution in [0.1, 0.15) is 46.5 Å². The van der Waals surface area contributed by atoms with Crippen LogP contribution in [0.25, 0.3) is 0 Å². The Bertz CT molecular complexity index is 440. The Kier molecular flexibility index (Phi) is 5.89. The topological polar surface area (TPSA) is 67.9 Å². The molecule has 1 aliphatic carbocycles. The molecule has 0 radical (unpaired) electrons. The molecule has 1 saturated carbocycles. The Balaban J connectivity index is 2.23. The van der Waals surface area contributed by atoms with Gasteiger partial charge in [0.2, 0.25) is 5.91 Å². The summed E-state index contributed by atoms with van der Waals surface area (Å²) in [6.45, 7) is 6.12. The first-order valence-electron chi connectivity index (χ1n) is 8.60. The first-order valence-corrected chi connectivity index (χ1v) is 8.60. The van der Waals surface area contributed by atoms with E-state index in [4.69, 9.17) is 4.74 Å². The first-order chi connectivity index (χ1) is 10.9. The SMILES string of the molecule is COC(=O)N[C@H](C(=O)N1C(C(C)C)CC2CCCC21)[C@H](C)OC. The van der Waals surface area contributed by atoms with Crippen LogP contribution in [-0.2, 0) is 14.3 Å². The van der Waals surface area contributed by atoms with E-state index in [0.717, 1.165) is 12.8 Å². The van der Waals surface area contributed by atoms with Crippen molar-refractivity contribution in [3.05, 3.63) is 0 Å². The Morgan fingerprint density at radius 2 is 1.87 bits per heavy atom. The quantitative estimate of drug-likeness (QED) is 0.841. The lowest BCUT2D eigenvalue weighted by Crippen LogP contribution is -2.57. The van der Waals surface area contributed by atoms with E-state index in [0.29, 0.717) is 17.9 Å². The fourth-order valence-corrected chi connectivity index (χ4v) is 4.11. The minimum atomic E-state index is -0.715. The molecule has 6 heteroatoms. The third-order valence-electron chi connectivity index (χ3n) is 5.47. The van der Waals surface area contributed by atoms with Gasteiger partial charge < -0.3 is 19.7 Å². The number of ether oxygens (including phenoxy) is 2. The van der Waals surface area contributed by atoms with Gasteiger partial charge in [-0.1, -0.05) is 20.3 Å². The van der Waals surface area contributed by atoms with Gasteiger partial charge in [-0.05, 0) is 38.0 Å². The summed E-state index contributed by atoms with van der Waals surface area (Å²) in [7, 11) is 2.85. The standard InChI is InChI=1S/C17H30N2O4/c1-10(2)14-9-12-7-6-8-13(12)19(14)16(20)15(11(3)22-4)18-17(21)23-5/h10-15H,6-9H2,1-5H3,(H,18,21)/t11-,12?,13?,14?,15-/m0/s1. The van der Waals surface area contributed by atoms with Gasteiger partial charge in [0.1, 0.15) is 6.04 Å². The van der Waals surface area contributed by atoms with Crippen LogP contribution in [-0.4, -0.2) is 55.3 Å². The minimum Gasteiger partial charge on any atom is -0.453 e. The third kappa shape index (κ3) is 3.62. The largest absolute Gasteiger partial charge is 0.453 e. The Hall–Kier alpha value is -1.30. The average molecular weight is 326 g/mol. The Morgan fingerprint density at radius 1 is 1.17 bits per heavy atom. The van der Waals surface area contributed by atoms with Crippen molar-refractivity contribution < 1.29 is 19.1 Å². The number of likely N-dealkylation sites (tertiary alicyclic amines) is 1. The van der Waals surface area contributed by atoms with E-state index in [-0.39, 0.29) is 11.9 Å². The molecule has 0 aromatic rings. The predicted molar refractivity (Wildman–Crippen MR) is 87.0 cm³/mol. The summed E-state index contributed by atoms with van der Waals surface area (Å²) in [5.74, 6) is 0.960. The predicted octanol–water partition coefficient (Wildman–Crippen LogP) is 2.17. The molecule has 5 atom stereocenters. The fourth-order valence-electron chi connectivity index (χ4n) is 4.11. The minimum absolute atomic E-state index is 0.0437. The first kappa shape index (κ1) is 18.0. The molecule has 2 aliphatic rings. The molecular formula is C17H30N2O4. The highest BCUT2D eigenvalue weighted by molar-refractivity contribution is 5.87. The maximum absolute atomic E-state index is 13.2. The second kappa shape index (κ2) is 7.51. The Morgan fingerprint density at radius 3 is 2.43 bits per heavy atom. The highest BCUT2D eigenvalue weighted by Crippen LogP contribution is 2.43. The molecule has 1 aliphatic heterocycles. The summed E-state index contributed by atoms with van der Waals surface area (Å²) in [4.78, 5) is 26.9. The van der Waals surface area contributed by atoms with Gasteiger partial charge in [0, 0.05) is 19.2 Å². The van der Waals surface area contributed by atoms with Crippen molar-refractivity contribution in [2.45, 2.75) is 70.7 Å². The number of carbonyl (C=O) groups excluding carboxylic acids is 2. The Labute approximate surface area is 138 Å². The van der Waals surface area contributed by atoms with Crippen LogP contribution >= 0.6 is 0 Å². The van der Waals surface area contributed by atoms with E-state index in [1.54, 1.807) is 14.0 Å². The molecule has 1 saturated heterocycles. The molecule has 2 rings (SSSR count). The number of amides is 2. The molecule has 2 amide bonds. The molecule has 6 nitrogen and oxygen atoms in total. The van der Waals surface area contributed by atoms with Crippen molar-refractivity contribution in [3.63, 3.8) is 0 Å². The van der Waals surface area contributed by atoms with Crippen molar-refractivity contribution in [1.29, 1.82) is 0 Å². The second-order valence-corrected chi connectivity index (χ2v) is 7.11. The summed E-state index contributed by atoms with van der Waals surface area (Å²) in [5.41, 5.74) is 0. The molecule has 0 spiro atoms. The highest BCUT2D eigenvalue weighted by atomic mass is 16.5. The molecule has 1 heterocycles. The van der Waals surface area contributed by atoms with Gasteiger partial charge in [0.15, 0.2) is 0 Å². The van der Waals surface area contributed by atoms with E-state index >= 15 is 0 Å². The molecule has 0 aromatic heterocycles. The number of alkyl carbamates (subject to hydrolysis) is 1. The number of carbonyl (C=O) groups is 2. The van der Waals surface area contributed by atoms with Crippen LogP contribution in [0.4, 0.5) is 4.79 Å². The zero-order valence-corrected chi connectivity index (χ0v) is 14.9. The van der Waals surface area contributed by atoms with Crippen molar-refractivity contribution in [2.24, 2.45) is 11.8 Å². The van der Waals surface area contributed by atoms with E-state index in [1.165, 1.54) is 20.0 Å². The van der Waals surface area contributed by atoms with Gasteiger partial charge in [0.25, 0.3) is 0 Å². The normalized spacial score (nSPS) is 29.3. The van der Waals surface area contributed by atoms with Gasteiger partial charge in [-0.25, -0.2) is 4.79 Å². The fraction of sp³-hybridized carbons (Fsp3) is 0.882. The van der Waals surface area contributed by atoms with Crippen LogP contribution in [0.15, 0.2) is 0 Å². The van der Waals surface area contributed by atoms with E-state index in [9.17, 15) is 9.59 Å². The number of nitrogens with one attached hydrogen (secondary N) is 1. The number of fused-ring (bicyclic) bond motifs is 1. The lowest BCUT2D eigenvalue weighted by Gasteiger charge is -2.36. The summed E-state index contributed by atoms with van der Waals surface area (Å²) in [5, 5.41) is 2.66. The van der Waals surface area contributed by atoms with Gasteiger partial charge in [-0.15, -0.1) is 0 Å². The number of nitrogens with zero attached hydrogens (tertiary/aromatic N) is 1. The smallest absolute Gasteiger partial charge is 0.407 e. The molecule has 23 heavy (non-hydrogen) atoms. The third-order valence-corrected chi connectivity index (χ3v) is 5.47. The van der Waals surface area contributed by atoms with Crippen LogP contribution in [0.2, 0.25) is 0 Å². The van der Waals surface area contributed by atoms with Crippen molar-refractivity contribution in [2.75, 3.05) is 14.2 Å².